The molecule has 4 atom stereocenters. The van der Waals surface area contributed by atoms with Gasteiger partial charge in [-0.25, -0.2) is 4.98 Å². The van der Waals surface area contributed by atoms with Crippen molar-refractivity contribution in [2.75, 3.05) is 32.8 Å². The van der Waals surface area contributed by atoms with Gasteiger partial charge in [0.15, 0.2) is 0 Å². The number of fused-ring (bicyclic) bond motifs is 6. The van der Waals surface area contributed by atoms with Crippen LogP contribution in [-0.4, -0.2) is 74.8 Å². The summed E-state index contributed by atoms with van der Waals surface area (Å²) in [7, 11) is 0. The zero-order valence-corrected chi connectivity index (χ0v) is 21.0. The smallest absolute Gasteiger partial charge is 0.272 e. The maximum Gasteiger partial charge on any atom is 0.272 e. The van der Waals surface area contributed by atoms with E-state index < -0.39 is 0 Å². The van der Waals surface area contributed by atoms with Gasteiger partial charge in [-0.15, -0.1) is 0 Å². The average molecular weight is 517 g/mol. The summed E-state index contributed by atoms with van der Waals surface area (Å²) in [5.74, 6) is 2.26. The fourth-order valence-electron chi connectivity index (χ4n) is 6.58. The van der Waals surface area contributed by atoms with Gasteiger partial charge >= 0.3 is 0 Å². The molecular weight excluding hydrogens is 492 g/mol. The number of hydrogen-bond donors (Lipinski definition) is 1. The minimum Gasteiger partial charge on any atom is -0.493 e. The zero-order chi connectivity index (χ0) is 25.3. The van der Waals surface area contributed by atoms with Gasteiger partial charge in [-0.3, -0.25) is 9.59 Å². The molecule has 2 amide bonds. The fraction of sp³-hybridized carbons (Fsp3) is 0.370. The summed E-state index contributed by atoms with van der Waals surface area (Å²) in [5.41, 5.74) is 3.16. The van der Waals surface area contributed by atoms with E-state index >= 15 is 0 Å². The summed E-state index contributed by atoms with van der Waals surface area (Å²) in [5, 5.41) is 12.2. The topological polar surface area (TPSA) is 104 Å². The normalized spacial score (nSPS) is 24.3. The standard InChI is InChI=1S/C27H25ClN6O3/c1-2-37-25-9-24(29-21-6-4-15(28)8-16(21)25)27(36)34-12-19-17-10-33(11-18(17)20(19)13-34)26(35)14-3-5-22-23(7-14)31-32-30-22/h3-9,17-20H,2,10-13H2,1H3,(H,30,31,32)/t17-,18+,19?,20?. The maximum atomic E-state index is 13.5. The molecule has 0 bridgehead atoms. The van der Waals surface area contributed by atoms with Gasteiger partial charge in [0.25, 0.3) is 11.8 Å². The highest BCUT2D eigenvalue weighted by molar-refractivity contribution is 6.31. The van der Waals surface area contributed by atoms with Gasteiger partial charge < -0.3 is 14.5 Å². The van der Waals surface area contributed by atoms with Gasteiger partial charge in [0, 0.05) is 48.2 Å². The van der Waals surface area contributed by atoms with E-state index in [-0.39, 0.29) is 11.8 Å². The average Bonchev–Trinajstić information content (AvgIpc) is 3.62. The number of aromatic nitrogens is 4. The van der Waals surface area contributed by atoms with Crippen molar-refractivity contribution in [1.82, 2.24) is 30.2 Å². The highest BCUT2D eigenvalue weighted by atomic mass is 35.5. The first kappa shape index (κ1) is 22.5. The Morgan fingerprint density at radius 2 is 1.54 bits per heavy atom. The second-order valence-corrected chi connectivity index (χ2v) is 10.6. The van der Waals surface area contributed by atoms with E-state index in [0.29, 0.717) is 76.4 Å². The van der Waals surface area contributed by atoms with Crippen LogP contribution in [0.3, 0.4) is 0 Å². The van der Waals surface area contributed by atoms with Crippen LogP contribution >= 0.6 is 11.6 Å². The minimum atomic E-state index is -0.0703. The van der Waals surface area contributed by atoms with Gasteiger partial charge in [0.05, 0.1) is 12.1 Å². The number of carbonyl (C=O) groups is 2. The molecule has 2 unspecified atom stereocenters. The molecule has 4 heterocycles. The molecule has 2 aromatic carbocycles. The van der Waals surface area contributed by atoms with Crippen LogP contribution in [0.25, 0.3) is 21.9 Å². The minimum absolute atomic E-state index is 0.0363. The molecule has 1 N–H and O–H groups in total. The highest BCUT2D eigenvalue weighted by Crippen LogP contribution is 2.54. The first-order valence-corrected chi connectivity index (χ1v) is 13.0. The van der Waals surface area contributed by atoms with Crippen LogP contribution in [0.15, 0.2) is 42.5 Å². The van der Waals surface area contributed by atoms with E-state index in [1.165, 1.54) is 0 Å². The van der Waals surface area contributed by atoms with Crippen molar-refractivity contribution in [3.63, 3.8) is 0 Å². The number of pyridine rings is 1. The van der Waals surface area contributed by atoms with Crippen molar-refractivity contribution in [3.05, 3.63) is 58.7 Å². The predicted molar refractivity (Wildman–Crippen MR) is 138 cm³/mol. The molecule has 4 aromatic rings. The third-order valence-electron chi connectivity index (χ3n) is 8.31. The number of halogens is 1. The second-order valence-electron chi connectivity index (χ2n) is 10.2. The summed E-state index contributed by atoms with van der Waals surface area (Å²) < 4.78 is 5.82. The molecule has 1 aliphatic carbocycles. The van der Waals surface area contributed by atoms with Crippen molar-refractivity contribution in [3.8, 4) is 5.75 Å². The number of nitrogens with zero attached hydrogens (tertiary/aromatic N) is 5. The van der Waals surface area contributed by atoms with Crippen molar-refractivity contribution in [2.45, 2.75) is 6.92 Å². The number of hydrogen-bond acceptors (Lipinski definition) is 6. The molecular formula is C27H25ClN6O3. The number of ether oxygens (including phenoxy) is 1. The van der Waals surface area contributed by atoms with Crippen LogP contribution in [0.2, 0.25) is 5.02 Å². The molecule has 37 heavy (non-hydrogen) atoms. The molecule has 9 nitrogen and oxygen atoms in total. The lowest BCUT2D eigenvalue weighted by atomic mass is 9.60. The van der Waals surface area contributed by atoms with E-state index in [0.717, 1.165) is 24.0 Å². The van der Waals surface area contributed by atoms with Crippen molar-refractivity contribution in [1.29, 1.82) is 0 Å². The quantitative estimate of drug-likeness (QED) is 0.444. The van der Waals surface area contributed by atoms with Crippen LogP contribution in [0, 0.1) is 23.7 Å². The summed E-state index contributed by atoms with van der Waals surface area (Å²) in [4.78, 5) is 35.2. The molecule has 3 fully saturated rings. The van der Waals surface area contributed by atoms with Crippen LogP contribution in [0.1, 0.15) is 27.8 Å². The Hall–Kier alpha value is -3.72. The van der Waals surface area contributed by atoms with Gasteiger partial charge in [-0.2, -0.15) is 15.4 Å². The Bertz CT molecular complexity index is 1550. The van der Waals surface area contributed by atoms with Crippen molar-refractivity contribution in [2.24, 2.45) is 23.7 Å². The van der Waals surface area contributed by atoms with Crippen molar-refractivity contribution >= 4 is 45.4 Å². The Kier molecular flexibility index (Phi) is 5.11. The van der Waals surface area contributed by atoms with E-state index in [9.17, 15) is 9.59 Å². The lowest BCUT2D eigenvalue weighted by molar-refractivity contribution is 0.0629. The Balaban J connectivity index is 1.06. The summed E-state index contributed by atoms with van der Waals surface area (Å²) >= 11 is 6.18. The molecule has 1 saturated carbocycles. The Morgan fingerprint density at radius 3 is 2.24 bits per heavy atom. The number of amides is 2. The summed E-state index contributed by atoms with van der Waals surface area (Å²) in [6, 6.07) is 12.6. The molecule has 2 saturated heterocycles. The van der Waals surface area contributed by atoms with Crippen molar-refractivity contribution < 1.29 is 14.3 Å². The lowest BCUT2D eigenvalue weighted by Gasteiger charge is -2.42. The maximum absolute atomic E-state index is 13.5. The van der Waals surface area contributed by atoms with E-state index in [2.05, 4.69) is 20.4 Å². The summed E-state index contributed by atoms with van der Waals surface area (Å²) in [6.07, 6.45) is 0. The molecule has 2 aromatic heterocycles. The predicted octanol–water partition coefficient (Wildman–Crippen LogP) is 3.65. The number of H-pyrrole nitrogens is 1. The Morgan fingerprint density at radius 1 is 0.892 bits per heavy atom. The third kappa shape index (κ3) is 3.55. The molecule has 10 heteroatoms. The number of nitrogens with one attached hydrogen (secondary N) is 1. The molecule has 7 rings (SSSR count). The molecule has 188 valence electrons. The fourth-order valence-corrected chi connectivity index (χ4v) is 6.75. The lowest BCUT2D eigenvalue weighted by Crippen LogP contribution is -2.44. The van der Waals surface area contributed by atoms with Gasteiger partial charge in [-0.05, 0) is 67.0 Å². The first-order chi connectivity index (χ1) is 18.0. The molecule has 3 aliphatic rings. The zero-order valence-electron chi connectivity index (χ0n) is 20.2. The van der Waals surface area contributed by atoms with Crippen LogP contribution in [-0.2, 0) is 0 Å². The SMILES string of the molecule is CCOc1cc(C(=O)N2CC3C(C2)[C@@H]2CN(C(=O)c4ccc5n[nH]nc5c4)C[C@H]32)nc2ccc(Cl)cc12. The summed E-state index contributed by atoms with van der Waals surface area (Å²) in [6.45, 7) is 5.25. The molecule has 2 aliphatic heterocycles. The van der Waals surface area contributed by atoms with Gasteiger partial charge in [0.2, 0.25) is 0 Å². The van der Waals surface area contributed by atoms with Crippen LogP contribution in [0.4, 0.5) is 0 Å². The number of aromatic amines is 1. The number of rotatable bonds is 4. The first-order valence-electron chi connectivity index (χ1n) is 12.6. The monoisotopic (exact) mass is 516 g/mol. The third-order valence-corrected chi connectivity index (χ3v) is 8.55. The van der Waals surface area contributed by atoms with E-state index in [1.807, 2.05) is 41.0 Å². The number of carbonyl (C=O) groups excluding carboxylic acids is 2. The van der Waals surface area contributed by atoms with Gasteiger partial charge in [0.1, 0.15) is 22.5 Å². The molecule has 0 spiro atoms. The van der Waals surface area contributed by atoms with Crippen LogP contribution in [0.5, 0.6) is 5.75 Å². The van der Waals surface area contributed by atoms with E-state index in [1.54, 1.807) is 18.2 Å². The van der Waals surface area contributed by atoms with E-state index in [4.69, 9.17) is 16.3 Å². The van der Waals surface area contributed by atoms with Gasteiger partial charge in [-0.1, -0.05) is 11.6 Å². The Labute approximate surface area is 217 Å². The largest absolute Gasteiger partial charge is 0.493 e. The number of benzene rings is 2. The second kappa shape index (κ2) is 8.41. The highest BCUT2D eigenvalue weighted by Gasteiger charge is 2.59. The molecule has 0 radical (unpaired) electrons. The van der Waals surface area contributed by atoms with Crippen LogP contribution < -0.4 is 4.74 Å². The number of likely N-dealkylation sites (tertiary alicyclic amines) is 2.